The fourth-order valence-corrected chi connectivity index (χ4v) is 1.50. The molecule has 0 aromatic carbocycles. The van der Waals surface area contributed by atoms with Crippen LogP contribution in [0, 0.1) is 6.04 Å². The van der Waals surface area contributed by atoms with Crippen LogP contribution in [-0.2, 0) is 0 Å². The molecule has 0 bridgehead atoms. The van der Waals surface area contributed by atoms with Gasteiger partial charge in [0.2, 0.25) is 0 Å². The molecule has 1 aliphatic rings. The van der Waals surface area contributed by atoms with Gasteiger partial charge >= 0.3 is 0 Å². The highest BCUT2D eigenvalue weighted by Gasteiger charge is 2.14. The smallest absolute Gasteiger partial charge is 0.0359 e. The lowest BCUT2D eigenvalue weighted by Gasteiger charge is -2.30. The van der Waals surface area contributed by atoms with Gasteiger partial charge in [0.05, 0.1) is 0 Å². The molecule has 0 N–H and O–H groups in total. The van der Waals surface area contributed by atoms with Gasteiger partial charge in [-0.25, -0.2) is 0 Å². The van der Waals surface area contributed by atoms with Crippen molar-refractivity contribution in [1.82, 2.24) is 4.90 Å². The number of hydrogen-bond acceptors (Lipinski definition) is 1. The normalized spacial score (nSPS) is 21.9. The fourth-order valence-electron chi connectivity index (χ4n) is 1.50. The summed E-state index contributed by atoms with van der Waals surface area (Å²) < 4.78 is 0. The quantitative estimate of drug-likeness (QED) is 0.569. The first-order valence-electron chi connectivity index (χ1n) is 4.42. The molecule has 1 rings (SSSR count). The van der Waals surface area contributed by atoms with Crippen LogP contribution in [0.2, 0.25) is 0 Å². The van der Waals surface area contributed by atoms with Crippen molar-refractivity contribution in [2.45, 2.75) is 39.5 Å². The van der Waals surface area contributed by atoms with E-state index in [0.717, 1.165) is 0 Å². The number of likely N-dealkylation sites (tertiary alicyclic amines) is 1. The molecule has 0 atom stereocenters. The first-order valence-corrected chi connectivity index (χ1v) is 4.42. The van der Waals surface area contributed by atoms with Gasteiger partial charge in [-0.1, -0.05) is 13.3 Å². The molecule has 0 aromatic rings. The third kappa shape index (κ3) is 1.98. The molecular weight excluding hydrogens is 122 g/mol. The second-order valence-electron chi connectivity index (χ2n) is 3.14. The van der Waals surface area contributed by atoms with Crippen LogP contribution in [0.15, 0.2) is 0 Å². The molecule has 1 heterocycles. The van der Waals surface area contributed by atoms with Crippen LogP contribution in [0.4, 0.5) is 0 Å². The first-order chi connectivity index (χ1) is 4.84. The summed E-state index contributed by atoms with van der Waals surface area (Å²) in [5, 5.41) is 0. The molecule has 1 fully saturated rings. The van der Waals surface area contributed by atoms with E-state index in [-0.39, 0.29) is 0 Å². The van der Waals surface area contributed by atoms with E-state index in [9.17, 15) is 0 Å². The molecule has 1 radical (unpaired) electrons. The van der Waals surface area contributed by atoms with Gasteiger partial charge in [0, 0.05) is 6.04 Å². The highest BCUT2D eigenvalue weighted by Crippen LogP contribution is 2.17. The van der Waals surface area contributed by atoms with E-state index in [1.165, 1.54) is 38.8 Å². The third-order valence-corrected chi connectivity index (χ3v) is 2.41. The maximum Gasteiger partial charge on any atom is 0.0359 e. The summed E-state index contributed by atoms with van der Waals surface area (Å²) in [4.78, 5) is 2.53. The van der Waals surface area contributed by atoms with Crippen LogP contribution in [0.25, 0.3) is 0 Å². The number of piperidine rings is 1. The molecule has 0 aromatic heterocycles. The highest BCUT2D eigenvalue weighted by molar-refractivity contribution is 4.84. The molecule has 1 aliphatic heterocycles. The second-order valence-corrected chi connectivity index (χ2v) is 3.14. The van der Waals surface area contributed by atoms with Crippen molar-refractivity contribution < 1.29 is 0 Å². The Morgan fingerprint density at radius 1 is 1.20 bits per heavy atom. The van der Waals surface area contributed by atoms with Crippen LogP contribution >= 0.6 is 0 Å². The first kappa shape index (κ1) is 8.06. The molecule has 0 spiro atoms. The van der Waals surface area contributed by atoms with Gasteiger partial charge in [0.1, 0.15) is 0 Å². The molecule has 0 aliphatic carbocycles. The Hall–Kier alpha value is -0.0400. The van der Waals surface area contributed by atoms with Crippen molar-refractivity contribution in [2.24, 2.45) is 0 Å². The summed E-state index contributed by atoms with van der Waals surface area (Å²) in [6, 6.07) is 1.57. The Balaban J connectivity index is 2.24. The van der Waals surface area contributed by atoms with Gasteiger partial charge in [0.15, 0.2) is 0 Å². The minimum Gasteiger partial charge on any atom is -0.296 e. The van der Waals surface area contributed by atoms with Crippen LogP contribution in [0.1, 0.15) is 39.5 Å². The Kier molecular flexibility index (Phi) is 3.20. The lowest BCUT2D eigenvalue weighted by Crippen LogP contribution is -2.31. The van der Waals surface area contributed by atoms with Gasteiger partial charge in [-0.05, 0) is 39.3 Å². The van der Waals surface area contributed by atoms with Gasteiger partial charge < -0.3 is 0 Å². The van der Waals surface area contributed by atoms with Crippen LogP contribution in [-0.4, -0.2) is 18.0 Å². The second kappa shape index (κ2) is 3.97. The fraction of sp³-hybridized carbons (Fsp3) is 0.889. The minimum absolute atomic E-state index is 1.22. The van der Waals surface area contributed by atoms with E-state index >= 15 is 0 Å². The monoisotopic (exact) mass is 140 g/mol. The van der Waals surface area contributed by atoms with Crippen molar-refractivity contribution in [3.8, 4) is 0 Å². The Bertz CT molecular complexity index is 84.7. The van der Waals surface area contributed by atoms with Gasteiger partial charge in [-0.2, -0.15) is 0 Å². The molecule has 0 unspecified atom stereocenters. The zero-order valence-electron chi connectivity index (χ0n) is 7.19. The van der Waals surface area contributed by atoms with Gasteiger partial charge in [-0.3, -0.25) is 4.90 Å². The van der Waals surface area contributed by atoms with Crippen molar-refractivity contribution >= 4 is 0 Å². The van der Waals surface area contributed by atoms with Crippen LogP contribution in [0.3, 0.4) is 0 Å². The van der Waals surface area contributed by atoms with Crippen LogP contribution < -0.4 is 0 Å². The summed E-state index contributed by atoms with van der Waals surface area (Å²) in [7, 11) is 0. The number of rotatable bonds is 2. The molecule has 0 amide bonds. The summed E-state index contributed by atoms with van der Waals surface area (Å²) in [6.07, 6.45) is 5.46. The molecule has 0 saturated carbocycles. The topological polar surface area (TPSA) is 3.24 Å². The Labute approximate surface area is 64.4 Å². The summed E-state index contributed by atoms with van der Waals surface area (Å²) in [5.41, 5.74) is 0. The number of hydrogen-bond donors (Lipinski definition) is 0. The van der Waals surface area contributed by atoms with Crippen molar-refractivity contribution in [1.29, 1.82) is 0 Å². The summed E-state index contributed by atoms with van der Waals surface area (Å²) in [6.45, 7) is 7.11. The van der Waals surface area contributed by atoms with Gasteiger partial charge in [-0.15, -0.1) is 0 Å². The molecule has 1 heteroatoms. The number of nitrogens with zero attached hydrogens (tertiary/aromatic N) is 1. The third-order valence-electron chi connectivity index (χ3n) is 2.41. The van der Waals surface area contributed by atoms with E-state index < -0.39 is 0 Å². The molecule has 1 saturated heterocycles. The van der Waals surface area contributed by atoms with Crippen molar-refractivity contribution in [2.75, 3.05) is 13.1 Å². The highest BCUT2D eigenvalue weighted by atomic mass is 15.1. The summed E-state index contributed by atoms with van der Waals surface area (Å²) >= 11 is 0. The van der Waals surface area contributed by atoms with Crippen LogP contribution in [0.5, 0.6) is 0 Å². The maximum absolute atomic E-state index is 2.53. The molecular formula is C9H18N. The summed E-state index contributed by atoms with van der Waals surface area (Å²) in [5.74, 6) is 0. The lowest BCUT2D eigenvalue weighted by atomic mass is 10.1. The van der Waals surface area contributed by atoms with E-state index in [1.807, 2.05) is 0 Å². The average molecular weight is 140 g/mol. The minimum atomic E-state index is 1.22. The predicted molar refractivity (Wildman–Crippen MR) is 44.6 cm³/mol. The zero-order chi connectivity index (χ0) is 7.40. The maximum atomic E-state index is 2.53. The standard InChI is InChI=1S/C9H18N/c1-3-9(2)10-7-5-4-6-8-10/h3-8H2,1-2H3. The average Bonchev–Trinajstić information content (AvgIpc) is 2.05. The van der Waals surface area contributed by atoms with Crippen molar-refractivity contribution in [3.63, 3.8) is 0 Å². The molecule has 1 nitrogen and oxygen atoms in total. The van der Waals surface area contributed by atoms with E-state index in [0.29, 0.717) is 0 Å². The van der Waals surface area contributed by atoms with E-state index in [2.05, 4.69) is 18.7 Å². The SMILES string of the molecule is CC[C](C)N1CCCCC1. The van der Waals surface area contributed by atoms with E-state index in [4.69, 9.17) is 0 Å². The molecule has 59 valence electrons. The molecule has 10 heavy (non-hydrogen) atoms. The largest absolute Gasteiger partial charge is 0.296 e. The van der Waals surface area contributed by atoms with Gasteiger partial charge in [0.25, 0.3) is 0 Å². The zero-order valence-corrected chi connectivity index (χ0v) is 7.19. The predicted octanol–water partition coefficient (Wildman–Crippen LogP) is 2.43. The Morgan fingerprint density at radius 3 is 2.30 bits per heavy atom. The Morgan fingerprint density at radius 2 is 1.80 bits per heavy atom. The van der Waals surface area contributed by atoms with Crippen molar-refractivity contribution in [3.05, 3.63) is 6.04 Å². The van der Waals surface area contributed by atoms with E-state index in [1.54, 1.807) is 6.04 Å². The lowest BCUT2D eigenvalue weighted by molar-refractivity contribution is 0.234.